The summed E-state index contributed by atoms with van der Waals surface area (Å²) < 4.78 is 12.3. The van der Waals surface area contributed by atoms with Crippen molar-refractivity contribution in [2.75, 3.05) is 0 Å². The number of hydrogen-bond donors (Lipinski definition) is 0. The zero-order valence-corrected chi connectivity index (χ0v) is 14.7. The molecule has 1 saturated heterocycles. The number of hydrogen-bond acceptors (Lipinski definition) is 4. The smallest absolute Gasteiger partial charge is 0.197 e. The molecule has 25 heavy (non-hydrogen) atoms. The second kappa shape index (κ2) is 6.36. The van der Waals surface area contributed by atoms with Crippen molar-refractivity contribution in [2.45, 2.75) is 57.6 Å². The van der Waals surface area contributed by atoms with Crippen molar-refractivity contribution in [3.63, 3.8) is 0 Å². The van der Waals surface area contributed by atoms with Crippen molar-refractivity contribution in [1.29, 1.82) is 0 Å². The van der Waals surface area contributed by atoms with Crippen LogP contribution in [0.3, 0.4) is 0 Å². The molecule has 0 radical (unpaired) electrons. The van der Waals surface area contributed by atoms with Crippen LogP contribution < -0.4 is 0 Å². The molecule has 2 aliphatic rings. The molecule has 2 aliphatic heterocycles. The van der Waals surface area contributed by atoms with Gasteiger partial charge >= 0.3 is 0 Å². The topological polar surface area (TPSA) is 47.9 Å². The SMILES string of the molecule is Cc1ccccc1Cc1ccc2c(c1)[C@]1(CC(N=O)CC(C)O1)OC2. The summed E-state index contributed by atoms with van der Waals surface area (Å²) in [5, 5.41) is 3.28. The van der Waals surface area contributed by atoms with E-state index in [1.807, 2.05) is 6.92 Å². The van der Waals surface area contributed by atoms with Crippen molar-refractivity contribution >= 4 is 0 Å². The van der Waals surface area contributed by atoms with Gasteiger partial charge in [0.05, 0.1) is 18.8 Å². The molecule has 3 atom stereocenters. The Bertz CT molecular complexity index is 803. The van der Waals surface area contributed by atoms with Gasteiger partial charge in [0, 0.05) is 12.0 Å². The van der Waals surface area contributed by atoms with Crippen LogP contribution >= 0.6 is 0 Å². The van der Waals surface area contributed by atoms with Crippen LogP contribution in [0.15, 0.2) is 47.6 Å². The molecule has 1 fully saturated rings. The maximum absolute atomic E-state index is 11.1. The Morgan fingerprint density at radius 2 is 2.08 bits per heavy atom. The molecule has 0 amide bonds. The van der Waals surface area contributed by atoms with Crippen molar-refractivity contribution in [1.82, 2.24) is 0 Å². The van der Waals surface area contributed by atoms with Crippen molar-refractivity contribution in [3.8, 4) is 0 Å². The van der Waals surface area contributed by atoms with E-state index in [1.165, 1.54) is 16.7 Å². The van der Waals surface area contributed by atoms with E-state index in [-0.39, 0.29) is 12.1 Å². The van der Waals surface area contributed by atoms with Gasteiger partial charge in [-0.2, -0.15) is 4.91 Å². The van der Waals surface area contributed by atoms with Gasteiger partial charge in [0.15, 0.2) is 5.79 Å². The quantitative estimate of drug-likeness (QED) is 0.769. The van der Waals surface area contributed by atoms with E-state index in [9.17, 15) is 4.91 Å². The van der Waals surface area contributed by atoms with Gasteiger partial charge in [0.1, 0.15) is 0 Å². The fourth-order valence-corrected chi connectivity index (χ4v) is 4.06. The van der Waals surface area contributed by atoms with Gasteiger partial charge in [-0.25, -0.2) is 0 Å². The summed E-state index contributed by atoms with van der Waals surface area (Å²) in [6.07, 6.45) is 2.00. The highest BCUT2D eigenvalue weighted by Crippen LogP contribution is 2.46. The molecule has 2 unspecified atom stereocenters. The van der Waals surface area contributed by atoms with Gasteiger partial charge in [0.25, 0.3) is 0 Å². The van der Waals surface area contributed by atoms with E-state index < -0.39 is 5.79 Å². The van der Waals surface area contributed by atoms with Crippen molar-refractivity contribution in [2.24, 2.45) is 5.18 Å². The lowest BCUT2D eigenvalue weighted by atomic mass is 9.89. The van der Waals surface area contributed by atoms with Crippen molar-refractivity contribution in [3.05, 3.63) is 75.2 Å². The minimum absolute atomic E-state index is 0.0394. The van der Waals surface area contributed by atoms with Gasteiger partial charge in [-0.05, 0) is 55.0 Å². The summed E-state index contributed by atoms with van der Waals surface area (Å²) in [5.74, 6) is -0.812. The maximum Gasteiger partial charge on any atom is 0.197 e. The molecule has 2 aromatic rings. The van der Waals surface area contributed by atoms with Crippen LogP contribution in [0.5, 0.6) is 0 Å². The van der Waals surface area contributed by atoms with Gasteiger partial charge < -0.3 is 9.47 Å². The number of fused-ring (bicyclic) bond motifs is 2. The number of ether oxygens (including phenoxy) is 2. The molecule has 130 valence electrons. The summed E-state index contributed by atoms with van der Waals surface area (Å²) in [5.41, 5.74) is 6.06. The van der Waals surface area contributed by atoms with Crippen molar-refractivity contribution < 1.29 is 9.47 Å². The Hall–Kier alpha value is -2.04. The van der Waals surface area contributed by atoms with Crippen LogP contribution in [-0.2, 0) is 28.3 Å². The number of nitrogens with zero attached hydrogens (tertiary/aromatic N) is 1. The maximum atomic E-state index is 11.1. The summed E-state index contributed by atoms with van der Waals surface area (Å²) in [4.78, 5) is 11.1. The average molecular weight is 337 g/mol. The summed E-state index contributed by atoms with van der Waals surface area (Å²) >= 11 is 0. The minimum Gasteiger partial charge on any atom is -0.343 e. The largest absolute Gasteiger partial charge is 0.343 e. The molecular formula is C21H23NO3. The highest BCUT2D eigenvalue weighted by Gasteiger charge is 2.48. The Morgan fingerprint density at radius 1 is 1.24 bits per heavy atom. The fraction of sp³-hybridized carbons (Fsp3) is 0.429. The normalized spacial score (nSPS) is 28.1. The Morgan fingerprint density at radius 3 is 2.88 bits per heavy atom. The zero-order valence-electron chi connectivity index (χ0n) is 14.7. The first kappa shape index (κ1) is 16.4. The fourth-order valence-electron chi connectivity index (χ4n) is 4.06. The lowest BCUT2D eigenvalue weighted by molar-refractivity contribution is -0.282. The highest BCUT2D eigenvalue weighted by molar-refractivity contribution is 5.41. The second-order valence-electron chi connectivity index (χ2n) is 7.26. The molecular weight excluding hydrogens is 314 g/mol. The lowest BCUT2D eigenvalue weighted by Gasteiger charge is -2.39. The van der Waals surface area contributed by atoms with Crippen LogP contribution in [0.25, 0.3) is 0 Å². The van der Waals surface area contributed by atoms with Gasteiger partial charge in [-0.3, -0.25) is 0 Å². The molecule has 0 N–H and O–H groups in total. The zero-order chi connectivity index (χ0) is 17.4. The van der Waals surface area contributed by atoms with Crippen LogP contribution in [0.2, 0.25) is 0 Å². The van der Waals surface area contributed by atoms with E-state index in [1.54, 1.807) is 0 Å². The molecule has 4 heteroatoms. The third-order valence-electron chi connectivity index (χ3n) is 5.35. The van der Waals surface area contributed by atoms with Gasteiger partial charge in [0.2, 0.25) is 0 Å². The number of nitroso groups, excluding NO2 is 1. The summed E-state index contributed by atoms with van der Waals surface area (Å²) in [7, 11) is 0. The second-order valence-corrected chi connectivity index (χ2v) is 7.26. The minimum atomic E-state index is -0.812. The molecule has 0 aliphatic carbocycles. The van der Waals surface area contributed by atoms with Crippen LogP contribution in [0.1, 0.15) is 47.6 Å². The van der Waals surface area contributed by atoms with E-state index in [4.69, 9.17) is 9.47 Å². The summed E-state index contributed by atoms with van der Waals surface area (Å²) in [6, 6.07) is 14.7. The Balaban J connectivity index is 1.68. The summed E-state index contributed by atoms with van der Waals surface area (Å²) in [6.45, 7) is 4.65. The number of rotatable bonds is 3. The predicted octanol–water partition coefficient (Wildman–Crippen LogP) is 4.60. The van der Waals surface area contributed by atoms with E-state index in [0.29, 0.717) is 19.4 Å². The van der Waals surface area contributed by atoms with Crippen LogP contribution in [0.4, 0.5) is 0 Å². The monoisotopic (exact) mass is 337 g/mol. The van der Waals surface area contributed by atoms with Gasteiger partial charge in [-0.15, -0.1) is 0 Å². The molecule has 4 nitrogen and oxygen atoms in total. The molecule has 1 spiro atoms. The van der Waals surface area contributed by atoms with E-state index in [0.717, 1.165) is 17.5 Å². The first-order chi connectivity index (χ1) is 12.1. The average Bonchev–Trinajstić information content (AvgIpc) is 2.94. The van der Waals surface area contributed by atoms with Crippen LogP contribution in [-0.4, -0.2) is 12.1 Å². The van der Waals surface area contributed by atoms with E-state index in [2.05, 4.69) is 54.6 Å². The molecule has 2 heterocycles. The van der Waals surface area contributed by atoms with E-state index >= 15 is 0 Å². The standard InChI is InChI=1S/C21H23NO3/c1-14-5-3-4-6-17(14)10-16-7-8-18-13-24-21(20(18)11-16)12-19(22-23)9-15(2)25-21/h3-8,11,15,19H,9-10,12-13H2,1-2H3/t15?,19?,21-/m1/s1. The molecule has 0 aromatic heterocycles. The lowest BCUT2D eigenvalue weighted by Crippen LogP contribution is -2.42. The first-order valence-corrected chi connectivity index (χ1v) is 8.91. The molecule has 4 rings (SSSR count). The molecule has 2 aromatic carbocycles. The Kier molecular flexibility index (Phi) is 4.18. The number of aryl methyl sites for hydroxylation is 1. The molecule has 0 saturated carbocycles. The molecule has 0 bridgehead atoms. The number of benzene rings is 2. The highest BCUT2D eigenvalue weighted by atomic mass is 16.7. The third-order valence-corrected chi connectivity index (χ3v) is 5.35. The van der Waals surface area contributed by atoms with Crippen LogP contribution in [0, 0.1) is 11.8 Å². The van der Waals surface area contributed by atoms with Gasteiger partial charge in [-0.1, -0.05) is 41.6 Å². The predicted molar refractivity (Wildman–Crippen MR) is 96.3 cm³/mol. The first-order valence-electron chi connectivity index (χ1n) is 8.91. The third kappa shape index (κ3) is 3.00. The Labute approximate surface area is 148 Å².